The van der Waals surface area contributed by atoms with Crippen LogP contribution in [0.3, 0.4) is 0 Å². The lowest BCUT2D eigenvalue weighted by molar-refractivity contribution is -0.115. The highest BCUT2D eigenvalue weighted by Gasteiger charge is 2.17. The van der Waals surface area contributed by atoms with Crippen LogP contribution in [0.1, 0.15) is 41.8 Å². The highest BCUT2D eigenvalue weighted by Crippen LogP contribution is 2.29. The summed E-state index contributed by atoms with van der Waals surface area (Å²) in [5.74, 6) is 1.57. The van der Waals surface area contributed by atoms with Gasteiger partial charge in [0.15, 0.2) is 0 Å². The number of anilines is 1. The number of thiophene rings is 1. The summed E-state index contributed by atoms with van der Waals surface area (Å²) in [6, 6.07) is 18.0. The average Bonchev–Trinajstić information content (AvgIpc) is 3.28. The van der Waals surface area contributed by atoms with E-state index in [0.29, 0.717) is 23.1 Å². The van der Waals surface area contributed by atoms with E-state index in [4.69, 9.17) is 9.47 Å². The Morgan fingerprint density at radius 1 is 1.00 bits per heavy atom. The predicted octanol–water partition coefficient (Wildman–Crippen LogP) is 5.21. The van der Waals surface area contributed by atoms with E-state index >= 15 is 0 Å². The minimum Gasteiger partial charge on any atom is -0.497 e. The van der Waals surface area contributed by atoms with Gasteiger partial charge >= 0.3 is 0 Å². The molecule has 0 aliphatic carbocycles. The number of benzene rings is 2. The highest BCUT2D eigenvalue weighted by molar-refractivity contribution is 7.10. The summed E-state index contributed by atoms with van der Waals surface area (Å²) in [4.78, 5) is 13.8. The third-order valence-corrected chi connectivity index (χ3v) is 5.85. The molecule has 5 nitrogen and oxygen atoms in total. The Hall–Kier alpha value is -2.83. The smallest absolute Gasteiger partial charge is 0.238 e. The van der Waals surface area contributed by atoms with Crippen LogP contribution in [0.4, 0.5) is 5.69 Å². The van der Waals surface area contributed by atoms with Crippen LogP contribution in [-0.2, 0) is 4.79 Å². The van der Waals surface area contributed by atoms with E-state index in [1.807, 2.05) is 11.4 Å². The van der Waals surface area contributed by atoms with Crippen LogP contribution in [0, 0.1) is 0 Å². The number of ether oxygens (including phenoxy) is 2. The van der Waals surface area contributed by atoms with Crippen LogP contribution in [0.15, 0.2) is 60.0 Å². The Morgan fingerprint density at radius 2 is 1.73 bits per heavy atom. The first-order chi connectivity index (χ1) is 14.5. The van der Waals surface area contributed by atoms with Crippen LogP contribution in [0.5, 0.6) is 11.5 Å². The summed E-state index contributed by atoms with van der Waals surface area (Å²) in [6.07, 6.45) is 0. The number of carbonyl (C=O) groups is 1. The van der Waals surface area contributed by atoms with E-state index in [2.05, 4.69) is 54.8 Å². The number of methoxy groups -OCH3 is 2. The second-order valence-electron chi connectivity index (χ2n) is 7.27. The van der Waals surface area contributed by atoms with Gasteiger partial charge in [-0.2, -0.15) is 0 Å². The quantitative estimate of drug-likeness (QED) is 0.495. The molecule has 0 bridgehead atoms. The van der Waals surface area contributed by atoms with E-state index < -0.39 is 0 Å². The molecule has 3 aromatic rings. The molecule has 1 aromatic heterocycles. The van der Waals surface area contributed by atoms with Crippen molar-refractivity contribution in [3.8, 4) is 11.5 Å². The Morgan fingerprint density at radius 3 is 2.33 bits per heavy atom. The van der Waals surface area contributed by atoms with E-state index in [9.17, 15) is 4.79 Å². The Balaban J connectivity index is 1.72. The van der Waals surface area contributed by atoms with Gasteiger partial charge in [0, 0.05) is 10.9 Å². The zero-order valence-corrected chi connectivity index (χ0v) is 18.6. The van der Waals surface area contributed by atoms with Crippen molar-refractivity contribution >= 4 is 22.9 Å². The van der Waals surface area contributed by atoms with Gasteiger partial charge < -0.3 is 14.8 Å². The van der Waals surface area contributed by atoms with Gasteiger partial charge in [-0.25, -0.2) is 0 Å². The van der Waals surface area contributed by atoms with Crippen LogP contribution in [-0.4, -0.2) is 26.7 Å². The molecule has 0 fully saturated rings. The summed E-state index contributed by atoms with van der Waals surface area (Å²) < 4.78 is 10.6. The second kappa shape index (κ2) is 10.3. The fraction of sp³-hybridized carbons (Fsp3) is 0.292. The molecule has 6 heteroatoms. The summed E-state index contributed by atoms with van der Waals surface area (Å²) in [6.45, 7) is 4.53. The van der Waals surface area contributed by atoms with Crippen molar-refractivity contribution in [1.82, 2.24) is 5.32 Å². The van der Waals surface area contributed by atoms with Gasteiger partial charge in [0.25, 0.3) is 0 Å². The molecular formula is C24H28N2O3S. The van der Waals surface area contributed by atoms with Crippen LogP contribution in [0.25, 0.3) is 0 Å². The fourth-order valence-electron chi connectivity index (χ4n) is 3.21. The number of hydrogen-bond donors (Lipinski definition) is 2. The van der Waals surface area contributed by atoms with Crippen molar-refractivity contribution in [2.75, 3.05) is 26.1 Å². The summed E-state index contributed by atoms with van der Waals surface area (Å²) >= 11 is 1.67. The zero-order valence-electron chi connectivity index (χ0n) is 17.8. The van der Waals surface area contributed by atoms with Crippen molar-refractivity contribution in [1.29, 1.82) is 0 Å². The van der Waals surface area contributed by atoms with Crippen molar-refractivity contribution < 1.29 is 14.3 Å². The molecule has 0 radical (unpaired) electrons. The fourth-order valence-corrected chi connectivity index (χ4v) is 4.04. The van der Waals surface area contributed by atoms with Gasteiger partial charge in [0.05, 0.1) is 32.5 Å². The second-order valence-corrected chi connectivity index (χ2v) is 8.24. The first-order valence-corrected chi connectivity index (χ1v) is 10.8. The summed E-state index contributed by atoms with van der Waals surface area (Å²) in [5.41, 5.74) is 3.01. The molecular weight excluding hydrogens is 396 g/mol. The minimum absolute atomic E-state index is 0.0517. The molecule has 0 aliphatic heterocycles. The van der Waals surface area contributed by atoms with Crippen LogP contribution < -0.4 is 20.1 Å². The normalized spacial score (nSPS) is 11.9. The van der Waals surface area contributed by atoms with E-state index in [0.717, 1.165) is 5.56 Å². The van der Waals surface area contributed by atoms with Gasteiger partial charge in [0.2, 0.25) is 5.91 Å². The molecule has 0 saturated heterocycles. The molecule has 158 valence electrons. The SMILES string of the molecule is COc1ccc(OC)c(NC(=O)CN[C@@H](c2ccc(C(C)C)cc2)c2cccs2)c1. The third-order valence-electron chi connectivity index (χ3n) is 4.91. The molecule has 1 amide bonds. The van der Waals surface area contributed by atoms with E-state index in [-0.39, 0.29) is 18.5 Å². The Kier molecular flexibility index (Phi) is 7.49. The number of amides is 1. The summed E-state index contributed by atoms with van der Waals surface area (Å²) in [5, 5.41) is 8.36. The van der Waals surface area contributed by atoms with E-state index in [1.165, 1.54) is 10.4 Å². The molecule has 0 unspecified atom stereocenters. The first kappa shape index (κ1) is 21.9. The maximum Gasteiger partial charge on any atom is 0.238 e. The molecule has 2 aromatic carbocycles. The molecule has 0 saturated carbocycles. The van der Waals surface area contributed by atoms with E-state index in [1.54, 1.807) is 43.8 Å². The van der Waals surface area contributed by atoms with Gasteiger partial charge in [0.1, 0.15) is 11.5 Å². The molecule has 30 heavy (non-hydrogen) atoms. The average molecular weight is 425 g/mol. The molecule has 0 spiro atoms. The third kappa shape index (κ3) is 5.40. The lowest BCUT2D eigenvalue weighted by Crippen LogP contribution is -2.31. The molecule has 1 atom stereocenters. The topological polar surface area (TPSA) is 59.6 Å². The Labute approximate surface area is 182 Å². The van der Waals surface area contributed by atoms with Crippen LogP contribution >= 0.6 is 11.3 Å². The largest absolute Gasteiger partial charge is 0.497 e. The van der Waals surface area contributed by atoms with Crippen molar-refractivity contribution in [3.05, 3.63) is 76.0 Å². The molecule has 2 N–H and O–H groups in total. The van der Waals surface area contributed by atoms with Crippen molar-refractivity contribution in [2.45, 2.75) is 25.8 Å². The standard InChI is InChI=1S/C24H28N2O3S/c1-16(2)17-7-9-18(10-8-17)24(22-6-5-13-30-22)25-15-23(27)26-20-14-19(28-3)11-12-21(20)29-4/h5-14,16,24-25H,15H2,1-4H3,(H,26,27)/t24-/m0/s1. The molecule has 1 heterocycles. The number of carbonyl (C=O) groups excluding carboxylic acids is 1. The zero-order chi connectivity index (χ0) is 21.5. The lowest BCUT2D eigenvalue weighted by atomic mass is 9.98. The number of hydrogen-bond acceptors (Lipinski definition) is 5. The van der Waals surface area contributed by atoms with Gasteiger partial charge in [-0.15, -0.1) is 11.3 Å². The molecule has 3 rings (SSSR count). The van der Waals surface area contributed by atoms with Crippen LogP contribution in [0.2, 0.25) is 0 Å². The van der Waals surface area contributed by atoms with Gasteiger partial charge in [-0.3, -0.25) is 10.1 Å². The van der Waals surface area contributed by atoms with Crippen molar-refractivity contribution in [2.24, 2.45) is 0 Å². The number of nitrogens with one attached hydrogen (secondary N) is 2. The maximum absolute atomic E-state index is 12.7. The van der Waals surface area contributed by atoms with Gasteiger partial charge in [-0.1, -0.05) is 44.2 Å². The Bertz CT molecular complexity index is 953. The highest BCUT2D eigenvalue weighted by atomic mass is 32.1. The maximum atomic E-state index is 12.7. The lowest BCUT2D eigenvalue weighted by Gasteiger charge is -2.19. The monoisotopic (exact) mass is 424 g/mol. The molecule has 0 aliphatic rings. The minimum atomic E-state index is -0.151. The number of rotatable bonds is 9. The van der Waals surface area contributed by atoms with Crippen molar-refractivity contribution in [3.63, 3.8) is 0 Å². The van der Waals surface area contributed by atoms with Gasteiger partial charge in [-0.05, 0) is 40.6 Å². The predicted molar refractivity (Wildman–Crippen MR) is 123 cm³/mol. The first-order valence-electron chi connectivity index (χ1n) is 9.90. The summed E-state index contributed by atoms with van der Waals surface area (Å²) in [7, 11) is 3.16.